The maximum atomic E-state index is 13.3. The Morgan fingerprint density at radius 1 is 1.23 bits per heavy atom. The lowest BCUT2D eigenvalue weighted by Gasteiger charge is -2.31. The van der Waals surface area contributed by atoms with E-state index in [-0.39, 0.29) is 23.8 Å². The molecule has 2 aromatic heterocycles. The lowest BCUT2D eigenvalue weighted by Crippen LogP contribution is -2.37. The molecule has 10 nitrogen and oxygen atoms in total. The van der Waals surface area contributed by atoms with Gasteiger partial charge in [-0.3, -0.25) is 9.59 Å². The molecule has 2 N–H and O–H groups in total. The van der Waals surface area contributed by atoms with Gasteiger partial charge in [0.2, 0.25) is 0 Å². The summed E-state index contributed by atoms with van der Waals surface area (Å²) >= 11 is 0. The van der Waals surface area contributed by atoms with Gasteiger partial charge in [0.25, 0.3) is 11.8 Å². The van der Waals surface area contributed by atoms with Crippen LogP contribution in [0.25, 0.3) is 5.65 Å². The lowest BCUT2D eigenvalue weighted by molar-refractivity contribution is 0.0661. The Kier molecular flexibility index (Phi) is 5.62. The van der Waals surface area contributed by atoms with Crippen molar-refractivity contribution in [3.8, 4) is 0 Å². The number of ether oxygens (including phenoxy) is 1. The van der Waals surface area contributed by atoms with E-state index in [9.17, 15) is 14.7 Å². The Morgan fingerprint density at radius 3 is 2.89 bits per heavy atom. The van der Waals surface area contributed by atoms with Crippen LogP contribution in [0.1, 0.15) is 45.5 Å². The number of aliphatic hydroxyl groups excluding tert-OH is 1. The molecule has 10 heteroatoms. The summed E-state index contributed by atoms with van der Waals surface area (Å²) in [6.45, 7) is 3.54. The van der Waals surface area contributed by atoms with Gasteiger partial charge in [-0.2, -0.15) is 5.10 Å². The number of rotatable bonds is 5. The van der Waals surface area contributed by atoms with Crippen LogP contribution in [0.2, 0.25) is 0 Å². The molecule has 1 aliphatic carbocycles. The van der Waals surface area contributed by atoms with Crippen molar-refractivity contribution in [1.29, 1.82) is 0 Å². The van der Waals surface area contributed by atoms with Crippen LogP contribution in [-0.4, -0.2) is 75.4 Å². The summed E-state index contributed by atoms with van der Waals surface area (Å²) in [5.74, 6) is -0.198. The third-order valence-electron chi connectivity index (χ3n) is 7.30. The Bertz CT molecular complexity index is 1280. The van der Waals surface area contributed by atoms with Gasteiger partial charge in [-0.25, -0.2) is 9.50 Å². The van der Waals surface area contributed by atoms with Crippen LogP contribution in [0.4, 0.5) is 11.4 Å². The van der Waals surface area contributed by atoms with E-state index in [1.54, 1.807) is 23.0 Å². The first-order valence-electron chi connectivity index (χ1n) is 12.1. The second-order valence-corrected chi connectivity index (χ2v) is 9.47. The standard InChI is InChI=1S/C25H28N6O4/c32-22-4-1-3-16(22)14-30-15-17-11-20(21(12-18(17)25(30)34)29-7-9-35-10-8-29)28-24(33)19-13-27-31-6-2-5-26-23(19)31/h2,5-6,11-13,16,22,32H,1,3-4,7-10,14-15H2,(H,28,33)/t16-,22-/m1/s1. The third kappa shape index (κ3) is 4.02. The minimum Gasteiger partial charge on any atom is -0.393 e. The van der Waals surface area contributed by atoms with Crippen molar-refractivity contribution in [3.63, 3.8) is 0 Å². The van der Waals surface area contributed by atoms with Gasteiger partial charge in [0.05, 0.1) is 36.9 Å². The largest absolute Gasteiger partial charge is 0.393 e. The number of anilines is 2. The fourth-order valence-corrected chi connectivity index (χ4v) is 5.41. The molecule has 1 saturated heterocycles. The van der Waals surface area contributed by atoms with Crippen molar-refractivity contribution in [2.75, 3.05) is 43.1 Å². The smallest absolute Gasteiger partial charge is 0.261 e. The van der Waals surface area contributed by atoms with Gasteiger partial charge < -0.3 is 25.0 Å². The predicted molar refractivity (Wildman–Crippen MR) is 129 cm³/mol. The van der Waals surface area contributed by atoms with E-state index in [1.165, 1.54) is 6.20 Å². The molecule has 3 aromatic rings. The summed E-state index contributed by atoms with van der Waals surface area (Å²) in [6.07, 6.45) is 7.28. The van der Waals surface area contributed by atoms with Crippen LogP contribution in [0, 0.1) is 5.92 Å². The van der Waals surface area contributed by atoms with Crippen LogP contribution in [0.3, 0.4) is 0 Å². The summed E-state index contributed by atoms with van der Waals surface area (Å²) in [7, 11) is 0. The van der Waals surface area contributed by atoms with Gasteiger partial charge in [-0.1, -0.05) is 6.42 Å². The molecular formula is C25H28N6O4. The van der Waals surface area contributed by atoms with Gasteiger partial charge in [0.1, 0.15) is 5.56 Å². The van der Waals surface area contributed by atoms with Crippen LogP contribution in [0.15, 0.2) is 36.8 Å². The number of carbonyl (C=O) groups is 2. The van der Waals surface area contributed by atoms with Crippen molar-refractivity contribution in [2.45, 2.75) is 31.9 Å². The highest BCUT2D eigenvalue weighted by Crippen LogP contribution is 2.36. The van der Waals surface area contributed by atoms with Gasteiger partial charge in [-0.05, 0) is 36.6 Å². The SMILES string of the molecule is O=C(Nc1cc2c(cc1N1CCOCC1)C(=O)N(C[C@H]1CCC[C@H]1O)C2)c1cnn2cccnc12. The van der Waals surface area contributed by atoms with Gasteiger partial charge >= 0.3 is 0 Å². The first-order valence-corrected chi connectivity index (χ1v) is 12.1. The maximum absolute atomic E-state index is 13.3. The molecular weight excluding hydrogens is 448 g/mol. The fourth-order valence-electron chi connectivity index (χ4n) is 5.41. The number of nitrogens with one attached hydrogen (secondary N) is 1. The number of morpholine rings is 1. The van der Waals surface area contributed by atoms with Crippen molar-refractivity contribution in [3.05, 3.63) is 53.5 Å². The quantitative estimate of drug-likeness (QED) is 0.579. The van der Waals surface area contributed by atoms with Crippen molar-refractivity contribution >= 4 is 28.8 Å². The summed E-state index contributed by atoms with van der Waals surface area (Å²) in [5.41, 5.74) is 3.87. The zero-order valence-electron chi connectivity index (χ0n) is 19.4. The maximum Gasteiger partial charge on any atom is 0.261 e. The molecule has 2 amide bonds. The number of benzene rings is 1. The van der Waals surface area contributed by atoms with Crippen molar-refractivity contribution < 1.29 is 19.4 Å². The number of fused-ring (bicyclic) bond motifs is 2. The molecule has 3 aliphatic rings. The predicted octanol–water partition coefficient (Wildman–Crippen LogP) is 1.93. The van der Waals surface area contributed by atoms with E-state index >= 15 is 0 Å². The Balaban J connectivity index is 1.32. The second kappa shape index (κ2) is 8.94. The third-order valence-corrected chi connectivity index (χ3v) is 7.30. The number of nitrogens with zero attached hydrogens (tertiary/aromatic N) is 5. The van der Waals surface area contributed by atoms with E-state index in [2.05, 4.69) is 20.3 Å². The summed E-state index contributed by atoms with van der Waals surface area (Å²) in [4.78, 5) is 34.8. The van der Waals surface area contributed by atoms with Crippen LogP contribution in [0.5, 0.6) is 0 Å². The summed E-state index contributed by atoms with van der Waals surface area (Å²) < 4.78 is 7.08. The highest BCUT2D eigenvalue weighted by molar-refractivity contribution is 6.10. The molecule has 35 heavy (non-hydrogen) atoms. The van der Waals surface area contributed by atoms with Crippen molar-refractivity contribution in [1.82, 2.24) is 19.5 Å². The van der Waals surface area contributed by atoms with Gasteiger partial charge in [-0.15, -0.1) is 0 Å². The minimum atomic E-state index is -0.343. The number of aromatic nitrogens is 3. The fraction of sp³-hybridized carbons (Fsp3) is 0.440. The second-order valence-electron chi connectivity index (χ2n) is 9.47. The normalized spacial score (nSPS) is 22.1. The Hall–Kier alpha value is -3.50. The molecule has 0 spiro atoms. The van der Waals surface area contributed by atoms with E-state index in [4.69, 9.17) is 4.74 Å². The molecule has 6 rings (SSSR count). The number of hydrogen-bond donors (Lipinski definition) is 2. The topological polar surface area (TPSA) is 112 Å². The number of aliphatic hydroxyl groups is 1. The molecule has 4 heterocycles. The van der Waals surface area contributed by atoms with Gasteiger partial charge in [0, 0.05) is 50.1 Å². The summed E-state index contributed by atoms with van der Waals surface area (Å²) in [6, 6.07) is 5.57. The minimum absolute atomic E-state index is 0.0154. The molecule has 0 radical (unpaired) electrons. The Morgan fingerprint density at radius 2 is 2.09 bits per heavy atom. The zero-order chi connectivity index (χ0) is 23.9. The first-order chi connectivity index (χ1) is 17.1. The lowest BCUT2D eigenvalue weighted by atomic mass is 10.1. The molecule has 0 bridgehead atoms. The van der Waals surface area contributed by atoms with Crippen LogP contribution >= 0.6 is 0 Å². The molecule has 2 atom stereocenters. The molecule has 1 saturated carbocycles. The van der Waals surface area contributed by atoms with Gasteiger partial charge in [0.15, 0.2) is 5.65 Å². The first kappa shape index (κ1) is 22.0. The van der Waals surface area contributed by atoms with E-state index in [1.807, 2.05) is 17.0 Å². The summed E-state index contributed by atoms with van der Waals surface area (Å²) in [5, 5.41) is 17.5. The van der Waals surface area contributed by atoms with Crippen LogP contribution in [-0.2, 0) is 11.3 Å². The van der Waals surface area contributed by atoms with Crippen LogP contribution < -0.4 is 10.2 Å². The number of carbonyl (C=O) groups excluding carboxylic acids is 2. The monoisotopic (exact) mass is 476 g/mol. The van der Waals surface area contributed by atoms with Crippen molar-refractivity contribution in [2.24, 2.45) is 5.92 Å². The molecule has 2 aliphatic heterocycles. The number of amides is 2. The highest BCUT2D eigenvalue weighted by atomic mass is 16.5. The highest BCUT2D eigenvalue weighted by Gasteiger charge is 2.35. The van der Waals surface area contributed by atoms with E-state index in [0.717, 1.165) is 30.5 Å². The Labute approximate surface area is 202 Å². The van der Waals surface area contributed by atoms with E-state index < -0.39 is 0 Å². The molecule has 0 unspecified atom stereocenters. The molecule has 1 aromatic carbocycles. The number of hydrogen-bond acceptors (Lipinski definition) is 7. The van der Waals surface area contributed by atoms with E-state index in [0.29, 0.717) is 61.9 Å². The molecule has 2 fully saturated rings. The molecule has 182 valence electrons. The average molecular weight is 477 g/mol. The average Bonchev–Trinajstić information content (AvgIpc) is 3.57. The zero-order valence-corrected chi connectivity index (χ0v) is 19.4.